The number of carbonyl (C=O) groups excluding carboxylic acids is 1. The molecule has 1 amide bonds. The van der Waals surface area contributed by atoms with Crippen molar-refractivity contribution in [3.63, 3.8) is 0 Å². The minimum atomic E-state index is -0.392. The molecule has 1 aliphatic heterocycles. The molecule has 4 N–H and O–H groups in total. The number of nitrogens with two attached hydrogens (primary N) is 1. The molecule has 4 aromatic rings. The second kappa shape index (κ2) is 11.8. The van der Waals surface area contributed by atoms with E-state index in [0.29, 0.717) is 60.7 Å². The van der Waals surface area contributed by atoms with Crippen LogP contribution in [-0.4, -0.2) is 106 Å². The topological polar surface area (TPSA) is 146 Å². The molecule has 1 atom stereocenters. The molecule has 0 radical (unpaired) electrons. The van der Waals surface area contributed by atoms with Gasteiger partial charge in [-0.2, -0.15) is 19.5 Å². The highest BCUT2D eigenvalue weighted by Gasteiger charge is 2.21. The molecular weight excluding hydrogens is 517 g/mol. The van der Waals surface area contributed by atoms with E-state index in [2.05, 4.69) is 35.6 Å². The normalized spacial score (nSPS) is 15.1. The van der Waals surface area contributed by atoms with Crippen molar-refractivity contribution < 1.29 is 13.6 Å². The third-order valence-corrected chi connectivity index (χ3v) is 6.63. The van der Waals surface area contributed by atoms with Gasteiger partial charge in [0.2, 0.25) is 17.7 Å². The lowest BCUT2D eigenvalue weighted by Crippen LogP contribution is -2.48. The number of nitrogen functional groups attached to an aromatic ring is 1. The molecule has 13 nitrogen and oxygen atoms in total. The maximum atomic E-state index is 15.0. The molecule has 4 heterocycles. The number of nitrogens with zero attached hydrogens (tertiary/aromatic N) is 8. The van der Waals surface area contributed by atoms with Gasteiger partial charge in [0.05, 0.1) is 12.0 Å². The molecule has 1 aromatic carbocycles. The van der Waals surface area contributed by atoms with Crippen molar-refractivity contribution in [3.05, 3.63) is 48.0 Å². The van der Waals surface area contributed by atoms with E-state index >= 15 is 0 Å². The van der Waals surface area contributed by atoms with Crippen molar-refractivity contribution in [2.75, 3.05) is 75.9 Å². The van der Waals surface area contributed by atoms with Crippen LogP contribution in [0.3, 0.4) is 0 Å². The predicted octanol–water partition coefficient (Wildman–Crippen LogP) is 1.41. The van der Waals surface area contributed by atoms with Crippen molar-refractivity contribution >= 4 is 29.3 Å². The standard InChI is InChI=1S/C26H34FN11O2/c1-17(16-35(2)3)30-23(39)18-6-7-20(19(27)15-18)37-12-10-36(11-13-37)9-8-29-25-32-24(28)38-26(33-25)31-22(34-38)21-5-4-14-40-21/h4-7,14-15,17H,8-13,16H2,1-3H3,(H,30,39)(H3,28,29,31,32,33,34)/t17-/m1/s1. The van der Waals surface area contributed by atoms with E-state index in [1.54, 1.807) is 30.5 Å². The van der Waals surface area contributed by atoms with Gasteiger partial charge in [-0.3, -0.25) is 9.69 Å². The van der Waals surface area contributed by atoms with Gasteiger partial charge in [0, 0.05) is 57.4 Å². The monoisotopic (exact) mass is 551 g/mol. The predicted molar refractivity (Wildman–Crippen MR) is 150 cm³/mol. The average Bonchev–Trinajstić information content (AvgIpc) is 3.59. The summed E-state index contributed by atoms with van der Waals surface area (Å²) in [6.45, 7) is 6.86. The molecule has 212 valence electrons. The van der Waals surface area contributed by atoms with E-state index in [0.717, 1.165) is 19.6 Å². The minimum Gasteiger partial charge on any atom is -0.461 e. The summed E-state index contributed by atoms with van der Waals surface area (Å²) in [6.07, 6.45) is 1.55. The van der Waals surface area contributed by atoms with Gasteiger partial charge in [0.15, 0.2) is 5.76 Å². The van der Waals surface area contributed by atoms with Gasteiger partial charge in [-0.05, 0) is 51.4 Å². The minimum absolute atomic E-state index is 0.0393. The molecule has 0 spiro atoms. The van der Waals surface area contributed by atoms with Crippen LogP contribution in [0.15, 0.2) is 41.0 Å². The van der Waals surface area contributed by atoms with Gasteiger partial charge in [0.25, 0.3) is 11.7 Å². The summed E-state index contributed by atoms with van der Waals surface area (Å²) in [6, 6.07) is 8.17. The summed E-state index contributed by atoms with van der Waals surface area (Å²) >= 11 is 0. The van der Waals surface area contributed by atoms with E-state index in [1.807, 2.05) is 30.8 Å². The van der Waals surface area contributed by atoms with Crippen LogP contribution in [0.4, 0.5) is 22.0 Å². The molecule has 0 saturated carbocycles. The maximum absolute atomic E-state index is 15.0. The molecule has 0 bridgehead atoms. The molecular formula is C26H34FN11O2. The SMILES string of the molecule is C[C@H](CN(C)C)NC(=O)c1ccc(N2CCN(CCNc3nc(N)n4nc(-c5ccco5)nc4n3)CC2)c(F)c1. The summed E-state index contributed by atoms with van der Waals surface area (Å²) in [5.74, 6) is 1.09. The lowest BCUT2D eigenvalue weighted by molar-refractivity contribution is 0.0934. The smallest absolute Gasteiger partial charge is 0.259 e. The van der Waals surface area contributed by atoms with Crippen LogP contribution in [0.5, 0.6) is 0 Å². The molecule has 5 rings (SSSR count). The van der Waals surface area contributed by atoms with Crippen LogP contribution in [0.2, 0.25) is 0 Å². The fourth-order valence-corrected chi connectivity index (χ4v) is 4.74. The molecule has 1 aliphatic rings. The maximum Gasteiger partial charge on any atom is 0.259 e. The highest BCUT2D eigenvalue weighted by Crippen LogP contribution is 2.22. The first-order valence-electron chi connectivity index (χ1n) is 13.2. The van der Waals surface area contributed by atoms with Gasteiger partial charge < -0.3 is 30.6 Å². The number of aromatic nitrogens is 5. The first-order chi connectivity index (χ1) is 19.3. The molecule has 40 heavy (non-hydrogen) atoms. The van der Waals surface area contributed by atoms with Gasteiger partial charge in [-0.15, -0.1) is 5.10 Å². The first-order valence-corrected chi connectivity index (χ1v) is 13.2. The Kier molecular flexibility index (Phi) is 8.07. The van der Waals surface area contributed by atoms with Gasteiger partial charge in [0.1, 0.15) is 5.82 Å². The summed E-state index contributed by atoms with van der Waals surface area (Å²) in [5.41, 5.74) is 6.88. The summed E-state index contributed by atoms with van der Waals surface area (Å²) in [4.78, 5) is 31.8. The number of piperazine rings is 1. The molecule has 1 fully saturated rings. The highest BCUT2D eigenvalue weighted by atomic mass is 19.1. The van der Waals surface area contributed by atoms with Crippen molar-refractivity contribution in [1.82, 2.24) is 39.7 Å². The van der Waals surface area contributed by atoms with Crippen molar-refractivity contribution in [2.24, 2.45) is 0 Å². The number of rotatable bonds is 10. The van der Waals surface area contributed by atoms with Crippen molar-refractivity contribution in [3.8, 4) is 11.6 Å². The Hall–Kier alpha value is -4.30. The van der Waals surface area contributed by atoms with E-state index in [4.69, 9.17) is 10.2 Å². The number of hydrogen-bond acceptors (Lipinski definition) is 11. The summed E-state index contributed by atoms with van der Waals surface area (Å²) in [5, 5.41) is 10.4. The first kappa shape index (κ1) is 27.3. The lowest BCUT2D eigenvalue weighted by Gasteiger charge is -2.36. The van der Waals surface area contributed by atoms with Crippen LogP contribution in [0.1, 0.15) is 17.3 Å². The number of halogens is 1. The van der Waals surface area contributed by atoms with Crippen LogP contribution in [0, 0.1) is 5.82 Å². The number of amides is 1. The lowest BCUT2D eigenvalue weighted by atomic mass is 10.1. The zero-order valence-electron chi connectivity index (χ0n) is 22.8. The fourth-order valence-electron chi connectivity index (χ4n) is 4.74. The van der Waals surface area contributed by atoms with Crippen molar-refractivity contribution in [2.45, 2.75) is 13.0 Å². The number of benzene rings is 1. The largest absolute Gasteiger partial charge is 0.461 e. The number of carbonyl (C=O) groups is 1. The quantitative estimate of drug-likeness (QED) is 0.263. The number of hydrogen-bond donors (Lipinski definition) is 3. The number of furan rings is 1. The Morgan fingerprint density at radius 3 is 2.67 bits per heavy atom. The van der Waals surface area contributed by atoms with E-state index in [1.165, 1.54) is 10.6 Å². The molecule has 0 aliphatic carbocycles. The molecule has 0 unspecified atom stereocenters. The zero-order chi connectivity index (χ0) is 28.2. The van der Waals surface area contributed by atoms with Crippen LogP contribution in [0.25, 0.3) is 17.4 Å². The second-order valence-electron chi connectivity index (χ2n) is 10.1. The molecule has 1 saturated heterocycles. The van der Waals surface area contributed by atoms with Crippen LogP contribution >= 0.6 is 0 Å². The summed E-state index contributed by atoms with van der Waals surface area (Å²) < 4.78 is 21.7. The number of anilines is 3. The Balaban J connectivity index is 1.11. The Morgan fingerprint density at radius 2 is 1.98 bits per heavy atom. The van der Waals surface area contributed by atoms with E-state index in [-0.39, 0.29) is 17.9 Å². The number of likely N-dealkylation sites (N-methyl/N-ethyl adjacent to an activating group) is 1. The highest BCUT2D eigenvalue weighted by molar-refractivity contribution is 5.94. The van der Waals surface area contributed by atoms with Gasteiger partial charge in [-0.1, -0.05) is 0 Å². The average molecular weight is 552 g/mol. The van der Waals surface area contributed by atoms with Crippen molar-refractivity contribution in [1.29, 1.82) is 0 Å². The van der Waals surface area contributed by atoms with Gasteiger partial charge in [-0.25, -0.2) is 4.39 Å². The Morgan fingerprint density at radius 1 is 1.18 bits per heavy atom. The third-order valence-electron chi connectivity index (χ3n) is 6.63. The third kappa shape index (κ3) is 6.29. The zero-order valence-corrected chi connectivity index (χ0v) is 22.8. The van der Waals surface area contributed by atoms with E-state index < -0.39 is 5.82 Å². The van der Waals surface area contributed by atoms with E-state index in [9.17, 15) is 9.18 Å². The Labute approximate surface area is 231 Å². The van der Waals surface area contributed by atoms with Crippen LogP contribution < -0.4 is 21.3 Å². The van der Waals surface area contributed by atoms with Crippen LogP contribution in [-0.2, 0) is 0 Å². The number of fused-ring (bicyclic) bond motifs is 1. The molecule has 3 aromatic heterocycles. The second-order valence-corrected chi connectivity index (χ2v) is 10.1. The number of nitrogens with one attached hydrogen (secondary N) is 2. The van der Waals surface area contributed by atoms with Gasteiger partial charge >= 0.3 is 0 Å². The fraction of sp³-hybridized carbons (Fsp3) is 0.423. The summed E-state index contributed by atoms with van der Waals surface area (Å²) in [7, 11) is 3.88. The Bertz CT molecular complexity index is 1450. The molecule has 14 heteroatoms.